The van der Waals surface area contributed by atoms with E-state index in [1.165, 1.54) is 36.1 Å². The van der Waals surface area contributed by atoms with E-state index in [2.05, 4.69) is 36.1 Å². The first kappa shape index (κ1) is 9.91. The quantitative estimate of drug-likeness (QED) is 0.726. The molecule has 2 rings (SSSR count). The van der Waals surface area contributed by atoms with Crippen LogP contribution in [0.2, 0.25) is 0 Å². The highest BCUT2D eigenvalue weighted by Gasteiger charge is 2.07. The van der Waals surface area contributed by atoms with Gasteiger partial charge in [-0.3, -0.25) is 0 Å². The summed E-state index contributed by atoms with van der Waals surface area (Å²) in [5.74, 6) is 0.981. The summed E-state index contributed by atoms with van der Waals surface area (Å²) >= 11 is 4.24. The van der Waals surface area contributed by atoms with Crippen LogP contribution in [0.3, 0.4) is 0 Å². The molecule has 1 heterocycles. The first-order chi connectivity index (χ1) is 6.90. The molecule has 0 fully saturated rings. The average molecular weight is 207 g/mol. The van der Waals surface area contributed by atoms with E-state index in [9.17, 15) is 0 Å². The second-order valence-corrected chi connectivity index (χ2v) is 4.30. The second kappa shape index (κ2) is 4.74. The molecule has 0 spiro atoms. The lowest BCUT2D eigenvalue weighted by Gasteiger charge is -2.18. The van der Waals surface area contributed by atoms with Gasteiger partial charge in [-0.1, -0.05) is 12.1 Å². The normalized spacial score (nSPS) is 14.6. The van der Waals surface area contributed by atoms with Gasteiger partial charge in [-0.15, -0.1) is 0 Å². The maximum atomic E-state index is 4.24. The predicted molar refractivity (Wildman–Crippen MR) is 65.4 cm³/mol. The summed E-state index contributed by atoms with van der Waals surface area (Å²) in [6, 6.07) is 6.81. The van der Waals surface area contributed by atoms with Crippen molar-refractivity contribution in [3.63, 3.8) is 0 Å². The van der Waals surface area contributed by atoms with Crippen molar-refractivity contribution in [3.05, 3.63) is 29.3 Å². The molecule has 76 valence electrons. The largest absolute Gasteiger partial charge is 0.385 e. The fourth-order valence-corrected chi connectivity index (χ4v) is 2.13. The summed E-state index contributed by atoms with van der Waals surface area (Å²) in [5, 5.41) is 3.43. The summed E-state index contributed by atoms with van der Waals surface area (Å²) in [7, 11) is 0. The van der Waals surface area contributed by atoms with E-state index in [-0.39, 0.29) is 0 Å². The van der Waals surface area contributed by atoms with E-state index >= 15 is 0 Å². The fraction of sp³-hybridized carbons (Fsp3) is 0.500. The SMILES string of the molecule is SCCCc1ccc2c(c1)CCCN2. The topological polar surface area (TPSA) is 12.0 Å². The zero-order valence-corrected chi connectivity index (χ0v) is 9.32. The minimum absolute atomic E-state index is 0.981. The predicted octanol–water partition coefficient (Wildman–Crippen LogP) is 2.91. The molecule has 1 aliphatic rings. The van der Waals surface area contributed by atoms with E-state index in [0.717, 1.165) is 18.7 Å². The van der Waals surface area contributed by atoms with E-state index < -0.39 is 0 Å². The molecular formula is C12H17NS. The van der Waals surface area contributed by atoms with Crippen LogP contribution in [-0.4, -0.2) is 12.3 Å². The Kier molecular flexibility index (Phi) is 3.35. The molecule has 0 aliphatic carbocycles. The smallest absolute Gasteiger partial charge is 0.0372 e. The van der Waals surface area contributed by atoms with E-state index in [1.807, 2.05) is 0 Å². The fourth-order valence-electron chi connectivity index (χ4n) is 1.97. The lowest BCUT2D eigenvalue weighted by Crippen LogP contribution is -2.11. The number of benzene rings is 1. The lowest BCUT2D eigenvalue weighted by atomic mass is 9.99. The third-order valence-corrected chi connectivity index (χ3v) is 3.05. The third-order valence-electron chi connectivity index (χ3n) is 2.73. The van der Waals surface area contributed by atoms with E-state index in [4.69, 9.17) is 0 Å². The summed E-state index contributed by atoms with van der Waals surface area (Å²) in [5.41, 5.74) is 4.29. The summed E-state index contributed by atoms with van der Waals surface area (Å²) in [4.78, 5) is 0. The van der Waals surface area contributed by atoms with Gasteiger partial charge in [0.05, 0.1) is 0 Å². The van der Waals surface area contributed by atoms with Crippen LogP contribution in [0.15, 0.2) is 18.2 Å². The Morgan fingerprint density at radius 2 is 2.29 bits per heavy atom. The number of rotatable bonds is 3. The van der Waals surface area contributed by atoms with Gasteiger partial charge in [-0.05, 0) is 48.6 Å². The van der Waals surface area contributed by atoms with Crippen LogP contribution in [-0.2, 0) is 12.8 Å². The van der Waals surface area contributed by atoms with Crippen LogP contribution in [0, 0.1) is 0 Å². The monoisotopic (exact) mass is 207 g/mol. The molecule has 1 aromatic carbocycles. The van der Waals surface area contributed by atoms with Crippen molar-refractivity contribution in [2.24, 2.45) is 0 Å². The highest BCUT2D eigenvalue weighted by atomic mass is 32.1. The molecule has 14 heavy (non-hydrogen) atoms. The molecule has 0 saturated carbocycles. The summed E-state index contributed by atoms with van der Waals surface area (Å²) in [6.07, 6.45) is 4.84. The summed E-state index contributed by atoms with van der Waals surface area (Å²) < 4.78 is 0. The molecule has 1 aromatic rings. The maximum absolute atomic E-state index is 4.24. The Hall–Kier alpha value is -0.630. The van der Waals surface area contributed by atoms with Crippen LogP contribution >= 0.6 is 12.6 Å². The Morgan fingerprint density at radius 3 is 3.14 bits per heavy atom. The van der Waals surface area contributed by atoms with Crippen LogP contribution in [0.5, 0.6) is 0 Å². The van der Waals surface area contributed by atoms with E-state index in [0.29, 0.717) is 0 Å². The molecule has 2 heteroatoms. The van der Waals surface area contributed by atoms with Crippen molar-refractivity contribution in [2.75, 3.05) is 17.6 Å². The van der Waals surface area contributed by atoms with Crippen molar-refractivity contribution < 1.29 is 0 Å². The molecule has 0 unspecified atom stereocenters. The molecule has 1 N–H and O–H groups in total. The van der Waals surface area contributed by atoms with Crippen molar-refractivity contribution in [2.45, 2.75) is 25.7 Å². The molecule has 0 bridgehead atoms. The van der Waals surface area contributed by atoms with Crippen LogP contribution in [0.4, 0.5) is 5.69 Å². The minimum Gasteiger partial charge on any atom is -0.385 e. The molecular weight excluding hydrogens is 190 g/mol. The van der Waals surface area contributed by atoms with Crippen molar-refractivity contribution >= 4 is 18.3 Å². The molecule has 0 aromatic heterocycles. The third kappa shape index (κ3) is 2.24. The van der Waals surface area contributed by atoms with Gasteiger partial charge in [0.1, 0.15) is 0 Å². The Morgan fingerprint density at radius 1 is 1.36 bits per heavy atom. The molecule has 0 amide bonds. The van der Waals surface area contributed by atoms with Crippen LogP contribution in [0.1, 0.15) is 24.0 Å². The van der Waals surface area contributed by atoms with Gasteiger partial charge in [-0.2, -0.15) is 12.6 Å². The second-order valence-electron chi connectivity index (χ2n) is 3.85. The molecule has 1 nitrogen and oxygen atoms in total. The molecule has 0 atom stereocenters. The van der Waals surface area contributed by atoms with Gasteiger partial charge in [0.25, 0.3) is 0 Å². The Labute approximate surface area is 91.3 Å². The highest BCUT2D eigenvalue weighted by molar-refractivity contribution is 7.80. The first-order valence-electron chi connectivity index (χ1n) is 5.36. The van der Waals surface area contributed by atoms with Gasteiger partial charge in [0, 0.05) is 12.2 Å². The number of aryl methyl sites for hydroxylation is 2. The summed E-state index contributed by atoms with van der Waals surface area (Å²) in [6.45, 7) is 1.13. The number of nitrogens with one attached hydrogen (secondary N) is 1. The zero-order chi connectivity index (χ0) is 9.80. The molecule has 0 saturated heterocycles. The van der Waals surface area contributed by atoms with Crippen molar-refractivity contribution in [1.82, 2.24) is 0 Å². The Bertz CT molecular complexity index is 309. The van der Waals surface area contributed by atoms with Gasteiger partial charge >= 0.3 is 0 Å². The standard InChI is InChI=1S/C12H17NS/c14-8-2-3-10-5-6-12-11(9-10)4-1-7-13-12/h5-6,9,13-14H,1-4,7-8H2. The number of thiol groups is 1. The number of hydrogen-bond donors (Lipinski definition) is 2. The highest BCUT2D eigenvalue weighted by Crippen LogP contribution is 2.23. The van der Waals surface area contributed by atoms with Gasteiger partial charge in [-0.25, -0.2) is 0 Å². The average Bonchev–Trinajstić information content (AvgIpc) is 2.26. The lowest BCUT2D eigenvalue weighted by molar-refractivity contribution is 0.824. The molecule has 1 aliphatic heterocycles. The van der Waals surface area contributed by atoms with Gasteiger partial charge in [0.2, 0.25) is 0 Å². The first-order valence-corrected chi connectivity index (χ1v) is 6.00. The molecule has 0 radical (unpaired) electrons. The van der Waals surface area contributed by atoms with Gasteiger partial charge in [0.15, 0.2) is 0 Å². The number of hydrogen-bond acceptors (Lipinski definition) is 2. The van der Waals surface area contributed by atoms with Crippen LogP contribution < -0.4 is 5.32 Å². The number of fused-ring (bicyclic) bond motifs is 1. The zero-order valence-electron chi connectivity index (χ0n) is 8.42. The van der Waals surface area contributed by atoms with Crippen LogP contribution in [0.25, 0.3) is 0 Å². The Balaban J connectivity index is 2.12. The van der Waals surface area contributed by atoms with Crippen molar-refractivity contribution in [3.8, 4) is 0 Å². The minimum atomic E-state index is 0.981. The van der Waals surface area contributed by atoms with E-state index in [1.54, 1.807) is 0 Å². The number of anilines is 1. The maximum Gasteiger partial charge on any atom is 0.0372 e. The van der Waals surface area contributed by atoms with Crippen molar-refractivity contribution in [1.29, 1.82) is 0 Å². The van der Waals surface area contributed by atoms with Gasteiger partial charge < -0.3 is 5.32 Å².